The molecule has 154 valence electrons. The number of rotatable bonds is 7. The molecule has 9 nitrogen and oxygen atoms in total. The smallest absolute Gasteiger partial charge is 0.319 e. The summed E-state index contributed by atoms with van der Waals surface area (Å²) in [5.41, 5.74) is 0.546. The summed E-state index contributed by atoms with van der Waals surface area (Å²) in [6.07, 6.45) is 1.36. The number of carbonyl (C=O) groups is 2. The van der Waals surface area contributed by atoms with E-state index in [-0.39, 0.29) is 29.7 Å². The average Bonchev–Trinajstić information content (AvgIpc) is 2.54. The highest BCUT2D eigenvalue weighted by molar-refractivity contribution is 5.90. The zero-order valence-corrected chi connectivity index (χ0v) is 16.7. The number of nitrogens with zero attached hydrogens (tertiary/aromatic N) is 2. The number of nitrogens with one attached hydrogen (secondary N) is 2. The second-order valence-corrected chi connectivity index (χ2v) is 8.12. The lowest BCUT2D eigenvalue weighted by Gasteiger charge is -2.42. The van der Waals surface area contributed by atoms with Crippen LogP contribution in [0, 0.1) is 10.1 Å². The Morgan fingerprint density at radius 2 is 1.96 bits per heavy atom. The third-order valence-electron chi connectivity index (χ3n) is 4.97. The van der Waals surface area contributed by atoms with Crippen molar-refractivity contribution in [3.8, 4) is 0 Å². The van der Waals surface area contributed by atoms with E-state index in [1.807, 2.05) is 32.6 Å². The molecule has 9 heteroatoms. The molecule has 0 unspecified atom stereocenters. The van der Waals surface area contributed by atoms with Gasteiger partial charge in [-0.15, -0.1) is 0 Å². The Labute approximate surface area is 164 Å². The maximum Gasteiger partial charge on any atom is 0.319 e. The predicted octanol–water partition coefficient (Wildman–Crippen LogP) is 2.95. The fourth-order valence-corrected chi connectivity index (χ4v) is 3.42. The second kappa shape index (κ2) is 8.55. The summed E-state index contributed by atoms with van der Waals surface area (Å²) in [5.74, 6) is -0.865. The van der Waals surface area contributed by atoms with Crippen LogP contribution in [0.1, 0.15) is 46.1 Å². The lowest BCUT2D eigenvalue weighted by atomic mass is 9.85. The minimum atomic E-state index is -0.865. The number of urea groups is 1. The number of amides is 2. The van der Waals surface area contributed by atoms with E-state index in [1.54, 1.807) is 12.1 Å². The number of carboxylic acids is 1. The van der Waals surface area contributed by atoms with Crippen LogP contribution in [0.5, 0.6) is 0 Å². The zero-order valence-electron chi connectivity index (χ0n) is 16.7. The third-order valence-corrected chi connectivity index (χ3v) is 4.97. The summed E-state index contributed by atoms with van der Waals surface area (Å²) in [6, 6.07) is 4.36. The van der Waals surface area contributed by atoms with Gasteiger partial charge in [-0.2, -0.15) is 0 Å². The fraction of sp³-hybridized carbons (Fsp3) is 0.579. The van der Waals surface area contributed by atoms with Crippen molar-refractivity contribution in [1.82, 2.24) is 10.2 Å². The maximum absolute atomic E-state index is 12.2. The second-order valence-electron chi connectivity index (χ2n) is 8.12. The van der Waals surface area contributed by atoms with Crippen LogP contribution < -0.4 is 10.6 Å². The first-order valence-corrected chi connectivity index (χ1v) is 9.33. The Morgan fingerprint density at radius 3 is 2.46 bits per heavy atom. The summed E-state index contributed by atoms with van der Waals surface area (Å²) in [5, 5.41) is 25.8. The Kier molecular flexibility index (Phi) is 6.60. The van der Waals surface area contributed by atoms with Gasteiger partial charge in [-0.25, -0.2) is 4.79 Å². The molecule has 0 atom stereocenters. The van der Waals surface area contributed by atoms with Gasteiger partial charge in [0.05, 0.1) is 11.5 Å². The van der Waals surface area contributed by atoms with Gasteiger partial charge in [0.25, 0.3) is 5.69 Å². The highest BCUT2D eigenvalue weighted by atomic mass is 16.6. The number of hydrogen-bond acceptors (Lipinski definition) is 5. The summed E-state index contributed by atoms with van der Waals surface area (Å²) in [7, 11) is 0. The quantitative estimate of drug-likeness (QED) is 0.484. The molecule has 1 fully saturated rings. The van der Waals surface area contributed by atoms with Gasteiger partial charge in [-0.05, 0) is 36.9 Å². The summed E-state index contributed by atoms with van der Waals surface area (Å²) >= 11 is 0. The predicted molar refractivity (Wildman–Crippen MR) is 106 cm³/mol. The Hall–Kier alpha value is -2.68. The molecular formula is C19H28N4O5. The van der Waals surface area contributed by atoms with Gasteiger partial charge in [-0.3, -0.25) is 19.8 Å². The number of benzene rings is 1. The molecule has 1 aromatic carbocycles. The van der Waals surface area contributed by atoms with Crippen molar-refractivity contribution in [2.45, 2.75) is 58.0 Å². The van der Waals surface area contributed by atoms with Crippen molar-refractivity contribution >= 4 is 23.4 Å². The maximum atomic E-state index is 12.2. The van der Waals surface area contributed by atoms with Crippen molar-refractivity contribution in [3.63, 3.8) is 0 Å². The van der Waals surface area contributed by atoms with Gasteiger partial charge >= 0.3 is 12.0 Å². The molecule has 1 aliphatic carbocycles. The largest absolute Gasteiger partial charge is 0.480 e. The van der Waals surface area contributed by atoms with E-state index >= 15 is 0 Å². The van der Waals surface area contributed by atoms with Gasteiger partial charge in [0.2, 0.25) is 0 Å². The monoisotopic (exact) mass is 392 g/mol. The average molecular weight is 392 g/mol. The van der Waals surface area contributed by atoms with E-state index in [9.17, 15) is 19.7 Å². The minimum absolute atomic E-state index is 0.0100. The minimum Gasteiger partial charge on any atom is -0.480 e. The van der Waals surface area contributed by atoms with E-state index in [2.05, 4.69) is 10.6 Å². The molecule has 0 radical (unpaired) electrons. The standard InChI is InChI=1S/C19H28N4O5/c1-5-22(11-17(24)25)14-8-13(9-14)21-18(26)20-12-6-7-15(19(2,3)4)16(10-12)23(27)28/h6-7,10,13-14H,5,8-9,11H2,1-4H3,(H,24,25)(H2,20,21,26). The molecule has 2 amide bonds. The molecule has 1 aromatic rings. The Balaban J connectivity index is 1.93. The summed E-state index contributed by atoms with van der Waals surface area (Å²) in [6.45, 7) is 8.22. The number of nitro benzene ring substituents is 1. The molecule has 0 saturated heterocycles. The Morgan fingerprint density at radius 1 is 1.32 bits per heavy atom. The van der Waals surface area contributed by atoms with Crippen molar-refractivity contribution in [1.29, 1.82) is 0 Å². The van der Waals surface area contributed by atoms with Crippen LogP contribution in [0.3, 0.4) is 0 Å². The van der Waals surface area contributed by atoms with Gasteiger partial charge in [0, 0.05) is 29.4 Å². The summed E-state index contributed by atoms with van der Waals surface area (Å²) in [4.78, 5) is 35.9. The van der Waals surface area contributed by atoms with Gasteiger partial charge < -0.3 is 15.7 Å². The topological polar surface area (TPSA) is 125 Å². The molecule has 28 heavy (non-hydrogen) atoms. The first-order valence-electron chi connectivity index (χ1n) is 9.33. The van der Waals surface area contributed by atoms with Crippen LogP contribution in [-0.4, -0.2) is 52.1 Å². The van der Waals surface area contributed by atoms with Crippen LogP contribution in [0.4, 0.5) is 16.2 Å². The van der Waals surface area contributed by atoms with Crippen molar-refractivity contribution in [2.24, 2.45) is 0 Å². The SMILES string of the molecule is CCN(CC(=O)O)C1CC(NC(=O)Nc2ccc(C(C)(C)C)c([N+](=O)[O-])c2)C1. The van der Waals surface area contributed by atoms with Crippen LogP contribution >= 0.6 is 0 Å². The number of carboxylic acid groups (broad SMARTS) is 1. The molecule has 1 aliphatic rings. The first kappa shape index (κ1) is 21.6. The molecular weight excluding hydrogens is 364 g/mol. The number of aliphatic carboxylic acids is 1. The van der Waals surface area contributed by atoms with Crippen molar-refractivity contribution in [2.75, 3.05) is 18.4 Å². The van der Waals surface area contributed by atoms with Gasteiger partial charge in [-0.1, -0.05) is 27.7 Å². The lowest BCUT2D eigenvalue weighted by Crippen LogP contribution is -2.55. The number of nitro groups is 1. The Bertz CT molecular complexity index is 753. The fourth-order valence-electron chi connectivity index (χ4n) is 3.42. The molecule has 2 rings (SSSR count). The van der Waals surface area contributed by atoms with Crippen LogP contribution in [-0.2, 0) is 10.2 Å². The van der Waals surface area contributed by atoms with Crippen LogP contribution in [0.25, 0.3) is 0 Å². The van der Waals surface area contributed by atoms with Gasteiger partial charge in [0.15, 0.2) is 0 Å². The summed E-state index contributed by atoms with van der Waals surface area (Å²) < 4.78 is 0. The molecule has 0 aliphatic heterocycles. The van der Waals surface area contributed by atoms with Gasteiger partial charge in [0.1, 0.15) is 0 Å². The van der Waals surface area contributed by atoms with E-state index in [0.29, 0.717) is 30.6 Å². The highest BCUT2D eigenvalue weighted by Gasteiger charge is 2.34. The molecule has 3 N–H and O–H groups in total. The first-order chi connectivity index (χ1) is 13.0. The highest BCUT2D eigenvalue weighted by Crippen LogP contribution is 2.33. The number of carbonyl (C=O) groups excluding carboxylic acids is 1. The van der Waals surface area contributed by atoms with Crippen LogP contribution in [0.2, 0.25) is 0 Å². The van der Waals surface area contributed by atoms with E-state index in [1.165, 1.54) is 6.07 Å². The van der Waals surface area contributed by atoms with Crippen molar-refractivity contribution in [3.05, 3.63) is 33.9 Å². The normalized spacial score (nSPS) is 19.0. The molecule has 0 bridgehead atoms. The van der Waals surface area contributed by atoms with Crippen molar-refractivity contribution < 1.29 is 19.6 Å². The number of hydrogen-bond donors (Lipinski definition) is 3. The third kappa shape index (κ3) is 5.41. The van der Waals surface area contributed by atoms with E-state index in [0.717, 1.165) is 0 Å². The van der Waals surface area contributed by atoms with E-state index in [4.69, 9.17) is 5.11 Å². The molecule has 0 heterocycles. The molecule has 1 saturated carbocycles. The molecule has 0 spiro atoms. The zero-order chi connectivity index (χ0) is 21.1. The van der Waals surface area contributed by atoms with Crippen LogP contribution in [0.15, 0.2) is 18.2 Å². The molecule has 0 aromatic heterocycles. The van der Waals surface area contributed by atoms with E-state index < -0.39 is 16.9 Å². The number of anilines is 1. The number of likely N-dealkylation sites (N-methyl/N-ethyl adjacent to an activating group) is 1. The lowest BCUT2D eigenvalue weighted by molar-refractivity contribution is -0.385.